The van der Waals surface area contributed by atoms with Crippen LogP contribution in [0.25, 0.3) is 0 Å². The number of aromatic nitrogens is 2. The van der Waals surface area contributed by atoms with Gasteiger partial charge in [-0.25, -0.2) is 4.98 Å². The third-order valence-electron chi connectivity index (χ3n) is 2.40. The molecular formula is C8H9F3N2O. The van der Waals surface area contributed by atoms with Crippen LogP contribution in [-0.2, 0) is 6.18 Å². The summed E-state index contributed by atoms with van der Waals surface area (Å²) in [5, 5.41) is 8.99. The summed E-state index contributed by atoms with van der Waals surface area (Å²) in [6, 6.07) is -0.0337. The Labute approximate surface area is 78.2 Å². The molecule has 1 heterocycles. The molecule has 0 unspecified atom stereocenters. The van der Waals surface area contributed by atoms with Crippen LogP contribution >= 0.6 is 0 Å². The maximum atomic E-state index is 12.1. The molecule has 0 radical (unpaired) electrons. The Morgan fingerprint density at radius 2 is 2.07 bits per heavy atom. The summed E-state index contributed by atoms with van der Waals surface area (Å²) in [6.07, 6.45) is -1.60. The number of aliphatic hydroxyl groups excluding tert-OH is 1. The highest BCUT2D eigenvalue weighted by Crippen LogP contribution is 2.34. The fourth-order valence-corrected chi connectivity index (χ4v) is 1.49. The van der Waals surface area contributed by atoms with E-state index in [4.69, 9.17) is 5.11 Å². The second-order valence-electron chi connectivity index (χ2n) is 3.48. The first-order chi connectivity index (χ1) is 6.47. The summed E-state index contributed by atoms with van der Waals surface area (Å²) in [6.45, 7) is 0. The van der Waals surface area contributed by atoms with Crippen molar-refractivity contribution in [3.8, 4) is 0 Å². The van der Waals surface area contributed by atoms with E-state index in [-0.39, 0.29) is 12.1 Å². The number of nitrogens with zero attached hydrogens (tertiary/aromatic N) is 2. The first-order valence-corrected chi connectivity index (χ1v) is 4.25. The zero-order valence-corrected chi connectivity index (χ0v) is 7.20. The Morgan fingerprint density at radius 3 is 2.50 bits per heavy atom. The van der Waals surface area contributed by atoms with Gasteiger partial charge in [0.2, 0.25) is 0 Å². The summed E-state index contributed by atoms with van der Waals surface area (Å²) >= 11 is 0. The highest BCUT2D eigenvalue weighted by molar-refractivity contribution is 5.04. The molecule has 0 aliphatic heterocycles. The molecule has 1 saturated carbocycles. The van der Waals surface area contributed by atoms with E-state index >= 15 is 0 Å². The molecule has 1 N–H and O–H groups in total. The Hall–Kier alpha value is -1.04. The number of halogens is 3. The molecule has 1 aromatic heterocycles. The van der Waals surface area contributed by atoms with Crippen LogP contribution in [0.15, 0.2) is 12.5 Å². The van der Waals surface area contributed by atoms with E-state index in [2.05, 4.69) is 4.98 Å². The zero-order valence-electron chi connectivity index (χ0n) is 7.20. The van der Waals surface area contributed by atoms with Crippen molar-refractivity contribution in [2.45, 2.75) is 31.2 Å². The molecule has 14 heavy (non-hydrogen) atoms. The minimum atomic E-state index is -4.38. The number of imidazole rings is 1. The Bertz CT molecular complexity index is 328. The predicted octanol–water partition coefficient (Wildman–Crippen LogP) is 1.60. The van der Waals surface area contributed by atoms with E-state index < -0.39 is 11.9 Å². The van der Waals surface area contributed by atoms with Crippen molar-refractivity contribution in [1.29, 1.82) is 0 Å². The third-order valence-corrected chi connectivity index (χ3v) is 2.40. The number of alkyl halides is 3. The molecule has 1 fully saturated rings. The minimum Gasteiger partial charge on any atom is -0.393 e. The molecule has 1 aliphatic carbocycles. The van der Waals surface area contributed by atoms with Crippen LogP contribution in [0.5, 0.6) is 0 Å². The fourth-order valence-electron chi connectivity index (χ4n) is 1.49. The van der Waals surface area contributed by atoms with Gasteiger partial charge in [-0.1, -0.05) is 0 Å². The molecule has 0 spiro atoms. The standard InChI is InChI=1S/C8H9F3N2O/c9-8(10,11)7-3-13(4-12-7)5-1-6(14)2-5/h3-6,14H,1-2H2. The molecule has 1 aliphatic rings. The molecule has 2 rings (SSSR count). The smallest absolute Gasteiger partial charge is 0.393 e. The van der Waals surface area contributed by atoms with Crippen LogP contribution in [0.1, 0.15) is 24.6 Å². The van der Waals surface area contributed by atoms with Crippen molar-refractivity contribution < 1.29 is 18.3 Å². The van der Waals surface area contributed by atoms with Gasteiger partial charge in [-0.2, -0.15) is 13.2 Å². The second-order valence-corrected chi connectivity index (χ2v) is 3.48. The zero-order chi connectivity index (χ0) is 10.3. The van der Waals surface area contributed by atoms with Gasteiger partial charge < -0.3 is 9.67 Å². The van der Waals surface area contributed by atoms with Crippen LogP contribution in [-0.4, -0.2) is 20.8 Å². The van der Waals surface area contributed by atoms with Gasteiger partial charge in [-0.3, -0.25) is 0 Å². The highest BCUT2D eigenvalue weighted by atomic mass is 19.4. The lowest BCUT2D eigenvalue weighted by Crippen LogP contribution is -2.30. The van der Waals surface area contributed by atoms with Gasteiger partial charge in [0.15, 0.2) is 5.69 Å². The molecule has 0 amide bonds. The molecule has 1 aromatic rings. The normalized spacial score (nSPS) is 27.4. The van der Waals surface area contributed by atoms with E-state index in [9.17, 15) is 13.2 Å². The Morgan fingerprint density at radius 1 is 1.43 bits per heavy atom. The monoisotopic (exact) mass is 206 g/mol. The lowest BCUT2D eigenvalue weighted by Gasteiger charge is -2.32. The molecule has 0 aromatic carbocycles. The van der Waals surface area contributed by atoms with Gasteiger partial charge in [0, 0.05) is 12.2 Å². The van der Waals surface area contributed by atoms with Crippen LogP contribution in [0, 0.1) is 0 Å². The Kier molecular flexibility index (Phi) is 2.02. The largest absolute Gasteiger partial charge is 0.434 e. The van der Waals surface area contributed by atoms with Gasteiger partial charge in [-0.05, 0) is 12.8 Å². The lowest BCUT2D eigenvalue weighted by molar-refractivity contribution is -0.141. The van der Waals surface area contributed by atoms with Crippen molar-refractivity contribution in [2.24, 2.45) is 0 Å². The van der Waals surface area contributed by atoms with E-state index in [1.807, 2.05) is 0 Å². The molecule has 0 atom stereocenters. The van der Waals surface area contributed by atoms with Gasteiger partial charge in [0.25, 0.3) is 0 Å². The van der Waals surface area contributed by atoms with E-state index in [0.29, 0.717) is 12.8 Å². The van der Waals surface area contributed by atoms with Crippen LogP contribution in [0.3, 0.4) is 0 Å². The number of rotatable bonds is 1. The molecule has 3 nitrogen and oxygen atoms in total. The van der Waals surface area contributed by atoms with Gasteiger partial charge in [0.05, 0.1) is 12.4 Å². The van der Waals surface area contributed by atoms with E-state index in [1.54, 1.807) is 0 Å². The number of hydrogen-bond donors (Lipinski definition) is 1. The molecule has 0 saturated heterocycles. The second kappa shape index (κ2) is 2.98. The molecule has 6 heteroatoms. The SMILES string of the molecule is OC1CC(n2cnc(C(F)(F)F)c2)C1. The van der Waals surface area contributed by atoms with E-state index in [0.717, 1.165) is 6.20 Å². The molecular weight excluding hydrogens is 197 g/mol. The maximum absolute atomic E-state index is 12.1. The van der Waals surface area contributed by atoms with E-state index in [1.165, 1.54) is 10.9 Å². The summed E-state index contributed by atoms with van der Waals surface area (Å²) in [5.74, 6) is 0. The van der Waals surface area contributed by atoms with Crippen LogP contribution < -0.4 is 0 Å². The lowest BCUT2D eigenvalue weighted by atomic mass is 9.89. The molecule has 0 bridgehead atoms. The number of hydrogen-bond acceptors (Lipinski definition) is 2. The van der Waals surface area contributed by atoms with Crippen molar-refractivity contribution in [2.75, 3.05) is 0 Å². The minimum absolute atomic E-state index is 0.0337. The van der Waals surface area contributed by atoms with Crippen LogP contribution in [0.2, 0.25) is 0 Å². The fraction of sp³-hybridized carbons (Fsp3) is 0.625. The summed E-state index contributed by atoms with van der Waals surface area (Å²) in [5.41, 5.74) is -0.876. The Balaban J connectivity index is 2.11. The van der Waals surface area contributed by atoms with Gasteiger partial charge in [0.1, 0.15) is 0 Å². The molecule has 78 valence electrons. The topological polar surface area (TPSA) is 38.0 Å². The highest BCUT2D eigenvalue weighted by Gasteiger charge is 2.35. The first-order valence-electron chi connectivity index (χ1n) is 4.25. The van der Waals surface area contributed by atoms with Crippen molar-refractivity contribution >= 4 is 0 Å². The van der Waals surface area contributed by atoms with Gasteiger partial charge in [-0.15, -0.1) is 0 Å². The van der Waals surface area contributed by atoms with Crippen LogP contribution in [0.4, 0.5) is 13.2 Å². The predicted molar refractivity (Wildman–Crippen MR) is 41.5 cm³/mol. The summed E-state index contributed by atoms with van der Waals surface area (Å²) < 4.78 is 37.8. The van der Waals surface area contributed by atoms with Gasteiger partial charge >= 0.3 is 6.18 Å². The summed E-state index contributed by atoms with van der Waals surface area (Å²) in [4.78, 5) is 3.27. The average molecular weight is 206 g/mol. The number of aliphatic hydroxyl groups is 1. The summed E-state index contributed by atoms with van der Waals surface area (Å²) in [7, 11) is 0. The average Bonchev–Trinajstić information content (AvgIpc) is 2.45. The van der Waals surface area contributed by atoms with Crippen molar-refractivity contribution in [3.63, 3.8) is 0 Å². The van der Waals surface area contributed by atoms with Crippen molar-refractivity contribution in [1.82, 2.24) is 9.55 Å². The van der Waals surface area contributed by atoms with Crippen molar-refractivity contribution in [3.05, 3.63) is 18.2 Å². The first kappa shape index (κ1) is 9.51. The third kappa shape index (κ3) is 1.61. The quantitative estimate of drug-likeness (QED) is 0.757. The maximum Gasteiger partial charge on any atom is 0.434 e.